The molecule has 1 aliphatic rings. The third-order valence-corrected chi connectivity index (χ3v) is 7.15. The van der Waals surface area contributed by atoms with E-state index in [1.54, 1.807) is 6.07 Å². The number of esters is 1. The minimum atomic E-state index is -3.68. The largest absolute Gasteiger partial charge is 0.496 e. The molecule has 3 rings (SSSR count). The Morgan fingerprint density at radius 2 is 1.58 bits per heavy atom. The number of ether oxygens (including phenoxy) is 2. The van der Waals surface area contributed by atoms with Gasteiger partial charge >= 0.3 is 5.97 Å². The normalized spacial score (nSPS) is 14.9. The Hall–Kier alpha value is -2.33. The second-order valence-electron chi connectivity index (χ2n) is 6.66. The molecule has 2 aromatic rings. The van der Waals surface area contributed by atoms with Gasteiger partial charge in [0.15, 0.2) is 6.61 Å². The molecular weight excluding hydrogens is 467 g/mol. The molecule has 0 radical (unpaired) electrons. The molecule has 2 aromatic carbocycles. The summed E-state index contributed by atoms with van der Waals surface area (Å²) in [5, 5.41) is 0.774. The highest BCUT2D eigenvalue weighted by molar-refractivity contribution is 7.89. The molecule has 1 heterocycles. The van der Waals surface area contributed by atoms with Crippen molar-refractivity contribution in [3.8, 4) is 5.75 Å². The van der Waals surface area contributed by atoms with E-state index >= 15 is 0 Å². The van der Waals surface area contributed by atoms with Crippen LogP contribution in [0.4, 0.5) is 0 Å². The maximum absolute atomic E-state index is 12.7. The molecule has 0 spiro atoms. The number of rotatable bonds is 6. The zero-order valence-corrected chi connectivity index (χ0v) is 18.9. The van der Waals surface area contributed by atoms with Crippen LogP contribution in [0.2, 0.25) is 10.0 Å². The maximum atomic E-state index is 12.7. The van der Waals surface area contributed by atoms with Crippen molar-refractivity contribution in [3.05, 3.63) is 58.1 Å². The Morgan fingerprint density at radius 3 is 2.19 bits per heavy atom. The van der Waals surface area contributed by atoms with Gasteiger partial charge in [0, 0.05) is 36.2 Å². The van der Waals surface area contributed by atoms with Gasteiger partial charge in [-0.2, -0.15) is 4.31 Å². The summed E-state index contributed by atoms with van der Waals surface area (Å²) in [6.45, 7) is 0.158. The van der Waals surface area contributed by atoms with Crippen LogP contribution in [0.3, 0.4) is 0 Å². The number of benzene rings is 2. The molecule has 1 aliphatic heterocycles. The lowest BCUT2D eigenvalue weighted by atomic mass is 10.2. The first-order valence-corrected chi connectivity index (χ1v) is 11.5. The van der Waals surface area contributed by atoms with Gasteiger partial charge in [-0.05, 0) is 42.5 Å². The number of nitrogens with zero attached hydrogens (tertiary/aromatic N) is 2. The van der Waals surface area contributed by atoms with Crippen molar-refractivity contribution in [2.24, 2.45) is 0 Å². The number of hydrogen-bond donors (Lipinski definition) is 0. The van der Waals surface area contributed by atoms with E-state index in [-0.39, 0.29) is 42.4 Å². The first kappa shape index (κ1) is 23.3. The van der Waals surface area contributed by atoms with Crippen LogP contribution in [-0.2, 0) is 19.6 Å². The fraction of sp³-hybridized carbons (Fsp3) is 0.300. The SMILES string of the molecule is COc1ccc(Cl)cc1C(=O)OCC(=O)N1CCN(S(=O)(=O)c2ccc(Cl)cc2)CC1. The maximum Gasteiger partial charge on any atom is 0.342 e. The third kappa shape index (κ3) is 5.48. The van der Waals surface area contributed by atoms with Crippen LogP contribution in [0.15, 0.2) is 47.4 Å². The summed E-state index contributed by atoms with van der Waals surface area (Å²) >= 11 is 11.7. The van der Waals surface area contributed by atoms with Crippen LogP contribution >= 0.6 is 23.2 Å². The molecule has 11 heteroatoms. The van der Waals surface area contributed by atoms with Crippen LogP contribution < -0.4 is 4.74 Å². The Balaban J connectivity index is 1.55. The summed E-state index contributed by atoms with van der Waals surface area (Å²) < 4.78 is 37.0. The average Bonchev–Trinajstić information content (AvgIpc) is 2.77. The smallest absolute Gasteiger partial charge is 0.342 e. The van der Waals surface area contributed by atoms with Crippen LogP contribution in [0.5, 0.6) is 5.75 Å². The van der Waals surface area contributed by atoms with Gasteiger partial charge in [0.1, 0.15) is 11.3 Å². The van der Waals surface area contributed by atoms with E-state index in [1.807, 2.05) is 0 Å². The van der Waals surface area contributed by atoms with E-state index in [2.05, 4.69) is 0 Å². The lowest BCUT2D eigenvalue weighted by Gasteiger charge is -2.33. The predicted octanol–water partition coefficient (Wildman–Crippen LogP) is 2.69. The molecular formula is C20H20Cl2N2O6S. The number of methoxy groups -OCH3 is 1. The van der Waals surface area contributed by atoms with E-state index in [1.165, 1.54) is 52.7 Å². The second kappa shape index (κ2) is 9.86. The Morgan fingerprint density at radius 1 is 0.968 bits per heavy atom. The molecule has 8 nitrogen and oxygen atoms in total. The number of carbonyl (C=O) groups excluding carboxylic acids is 2. The van der Waals surface area contributed by atoms with Crippen LogP contribution in [0, 0.1) is 0 Å². The van der Waals surface area contributed by atoms with Crippen molar-refractivity contribution in [1.82, 2.24) is 9.21 Å². The first-order chi connectivity index (χ1) is 14.7. The zero-order valence-electron chi connectivity index (χ0n) is 16.6. The van der Waals surface area contributed by atoms with Crippen molar-refractivity contribution in [2.75, 3.05) is 39.9 Å². The second-order valence-corrected chi connectivity index (χ2v) is 9.47. The summed E-state index contributed by atoms with van der Waals surface area (Å²) in [5.41, 5.74) is 0.113. The quantitative estimate of drug-likeness (QED) is 0.582. The number of amides is 1. The van der Waals surface area contributed by atoms with Crippen molar-refractivity contribution in [1.29, 1.82) is 0 Å². The van der Waals surface area contributed by atoms with Crippen LogP contribution in [0.1, 0.15) is 10.4 Å². The highest BCUT2D eigenvalue weighted by atomic mass is 35.5. The molecule has 31 heavy (non-hydrogen) atoms. The van der Waals surface area contributed by atoms with Gasteiger partial charge in [-0.15, -0.1) is 0 Å². The molecule has 0 saturated carbocycles. The Labute approximate surface area is 190 Å². The lowest BCUT2D eigenvalue weighted by molar-refractivity contribution is -0.135. The van der Waals surface area contributed by atoms with E-state index in [0.29, 0.717) is 10.0 Å². The summed E-state index contributed by atoms with van der Waals surface area (Å²) in [6.07, 6.45) is 0. The summed E-state index contributed by atoms with van der Waals surface area (Å²) in [6, 6.07) is 10.4. The summed E-state index contributed by atoms with van der Waals surface area (Å²) in [4.78, 5) is 26.3. The number of hydrogen-bond acceptors (Lipinski definition) is 6. The fourth-order valence-electron chi connectivity index (χ4n) is 3.07. The summed E-state index contributed by atoms with van der Waals surface area (Å²) in [5.74, 6) is -0.877. The molecule has 166 valence electrons. The molecule has 0 bridgehead atoms. The summed E-state index contributed by atoms with van der Waals surface area (Å²) in [7, 11) is -2.27. The van der Waals surface area contributed by atoms with Gasteiger partial charge in [0.25, 0.3) is 5.91 Å². The zero-order chi connectivity index (χ0) is 22.6. The monoisotopic (exact) mass is 486 g/mol. The molecule has 1 saturated heterocycles. The van der Waals surface area contributed by atoms with Crippen molar-refractivity contribution >= 4 is 45.1 Å². The number of halogens is 2. The Bertz CT molecular complexity index is 1070. The number of piperazine rings is 1. The van der Waals surface area contributed by atoms with Gasteiger partial charge < -0.3 is 14.4 Å². The topological polar surface area (TPSA) is 93.2 Å². The van der Waals surface area contributed by atoms with E-state index in [4.69, 9.17) is 32.7 Å². The number of carbonyl (C=O) groups is 2. The lowest BCUT2D eigenvalue weighted by Crippen LogP contribution is -2.51. The van der Waals surface area contributed by atoms with E-state index < -0.39 is 28.5 Å². The molecule has 1 amide bonds. The molecule has 0 N–H and O–H groups in total. The van der Waals surface area contributed by atoms with Crippen LogP contribution in [0.25, 0.3) is 0 Å². The standard InChI is InChI=1S/C20H20Cl2N2O6S/c1-29-18-7-4-15(22)12-17(18)20(26)30-13-19(25)23-8-10-24(11-9-23)31(27,28)16-5-2-14(21)3-6-16/h2-7,12H,8-11,13H2,1H3. The van der Waals surface area contributed by atoms with Gasteiger partial charge in [0.2, 0.25) is 10.0 Å². The molecule has 1 fully saturated rings. The molecule has 0 aromatic heterocycles. The highest BCUT2D eigenvalue weighted by Gasteiger charge is 2.30. The fourth-order valence-corrected chi connectivity index (χ4v) is 4.79. The van der Waals surface area contributed by atoms with Crippen molar-refractivity contribution in [3.63, 3.8) is 0 Å². The molecule has 0 unspecified atom stereocenters. The third-order valence-electron chi connectivity index (χ3n) is 4.75. The molecule has 0 aliphatic carbocycles. The van der Waals surface area contributed by atoms with Gasteiger partial charge in [-0.25, -0.2) is 13.2 Å². The first-order valence-electron chi connectivity index (χ1n) is 9.26. The van der Waals surface area contributed by atoms with Gasteiger partial charge in [-0.1, -0.05) is 23.2 Å². The van der Waals surface area contributed by atoms with Crippen molar-refractivity contribution < 1.29 is 27.5 Å². The minimum absolute atomic E-state index is 0.113. The van der Waals surface area contributed by atoms with Crippen LogP contribution in [-0.4, -0.2) is 69.4 Å². The Kier molecular flexibility index (Phi) is 7.42. The van der Waals surface area contributed by atoms with E-state index in [9.17, 15) is 18.0 Å². The number of sulfonamides is 1. The minimum Gasteiger partial charge on any atom is -0.496 e. The van der Waals surface area contributed by atoms with Gasteiger partial charge in [-0.3, -0.25) is 4.79 Å². The van der Waals surface area contributed by atoms with Gasteiger partial charge in [0.05, 0.1) is 12.0 Å². The van der Waals surface area contributed by atoms with Crippen molar-refractivity contribution in [2.45, 2.75) is 4.90 Å². The molecule has 0 atom stereocenters. The average molecular weight is 487 g/mol. The predicted molar refractivity (Wildman–Crippen MR) is 115 cm³/mol. The van der Waals surface area contributed by atoms with E-state index in [0.717, 1.165) is 0 Å². The highest BCUT2D eigenvalue weighted by Crippen LogP contribution is 2.24.